The quantitative estimate of drug-likeness (QED) is 0.612. The zero-order valence-corrected chi connectivity index (χ0v) is 15.6. The van der Waals surface area contributed by atoms with Crippen molar-refractivity contribution in [2.24, 2.45) is 0 Å². The van der Waals surface area contributed by atoms with Crippen molar-refractivity contribution in [1.82, 2.24) is 15.1 Å². The average molecular weight is 403 g/mol. The number of piperazine rings is 1. The fourth-order valence-electron chi connectivity index (χ4n) is 3.41. The van der Waals surface area contributed by atoms with Crippen LogP contribution in [0.5, 0.6) is 0 Å². The third-order valence-electron chi connectivity index (χ3n) is 4.64. The highest BCUT2D eigenvalue weighted by Crippen LogP contribution is 2.26. The molecule has 3 rings (SSSR count). The number of nitro groups is 1. The molecule has 26 heavy (non-hydrogen) atoms. The highest BCUT2D eigenvalue weighted by molar-refractivity contribution is 6.31. The maximum absolute atomic E-state index is 12.8. The number of carbonyl (C=O) groups is 2. The third-order valence-corrected chi connectivity index (χ3v) is 4.87. The van der Waals surface area contributed by atoms with Gasteiger partial charge in [-0.2, -0.15) is 0 Å². The molecule has 2 heterocycles. The number of halogens is 2. The van der Waals surface area contributed by atoms with Crippen molar-refractivity contribution in [3.05, 3.63) is 38.9 Å². The van der Waals surface area contributed by atoms with E-state index in [0.29, 0.717) is 26.2 Å². The van der Waals surface area contributed by atoms with Crippen LogP contribution < -0.4 is 5.32 Å². The van der Waals surface area contributed by atoms with E-state index in [1.165, 1.54) is 18.2 Å². The molecular weight excluding hydrogens is 383 g/mol. The summed E-state index contributed by atoms with van der Waals surface area (Å²) in [5, 5.41) is 14.5. The van der Waals surface area contributed by atoms with Gasteiger partial charge in [-0.3, -0.25) is 19.7 Å². The van der Waals surface area contributed by atoms with Gasteiger partial charge in [-0.25, -0.2) is 0 Å². The number of benzene rings is 1. The van der Waals surface area contributed by atoms with E-state index >= 15 is 0 Å². The first-order chi connectivity index (χ1) is 12.0. The molecule has 1 unspecified atom stereocenters. The molecule has 0 spiro atoms. The van der Waals surface area contributed by atoms with Crippen LogP contribution in [0.25, 0.3) is 0 Å². The third kappa shape index (κ3) is 4.25. The second-order valence-electron chi connectivity index (χ2n) is 6.23. The number of hydrogen-bond donors (Lipinski definition) is 1. The van der Waals surface area contributed by atoms with Gasteiger partial charge >= 0.3 is 0 Å². The first-order valence-electron chi connectivity index (χ1n) is 8.21. The smallest absolute Gasteiger partial charge is 0.283 e. The fourth-order valence-corrected chi connectivity index (χ4v) is 3.57. The minimum atomic E-state index is -0.597. The summed E-state index contributed by atoms with van der Waals surface area (Å²) in [6, 6.07) is 4.01. The lowest BCUT2D eigenvalue weighted by Crippen LogP contribution is -2.57. The molecule has 2 aliphatic rings. The zero-order chi connectivity index (χ0) is 18.0. The number of hydrogen-bond acceptors (Lipinski definition) is 5. The fraction of sp³-hybridized carbons (Fsp3) is 0.500. The van der Waals surface area contributed by atoms with E-state index < -0.39 is 10.8 Å². The summed E-state index contributed by atoms with van der Waals surface area (Å²) in [6.45, 7) is 2.58. The molecule has 8 nitrogen and oxygen atoms in total. The van der Waals surface area contributed by atoms with Crippen molar-refractivity contribution in [2.45, 2.75) is 18.9 Å². The van der Waals surface area contributed by atoms with E-state index in [4.69, 9.17) is 11.6 Å². The number of piperidine rings is 1. The van der Waals surface area contributed by atoms with Gasteiger partial charge in [0.25, 0.3) is 11.6 Å². The van der Waals surface area contributed by atoms with Crippen molar-refractivity contribution in [3.63, 3.8) is 0 Å². The molecule has 10 heteroatoms. The van der Waals surface area contributed by atoms with Gasteiger partial charge in [-0.15, -0.1) is 12.4 Å². The largest absolute Gasteiger partial charge is 0.336 e. The van der Waals surface area contributed by atoms with Crippen molar-refractivity contribution in [2.75, 3.05) is 32.7 Å². The number of likely N-dealkylation sites (tertiary alicyclic amines) is 1. The molecule has 0 aliphatic carbocycles. The Morgan fingerprint density at radius 1 is 1.35 bits per heavy atom. The molecule has 142 valence electrons. The molecule has 0 saturated carbocycles. The SMILES string of the molecule is Cl.O=C(c1ccc(Cl)cc1[N+](=O)[O-])N1CCCC(N2CCNCC2=O)C1. The van der Waals surface area contributed by atoms with Crippen LogP contribution in [-0.2, 0) is 4.79 Å². The summed E-state index contributed by atoms with van der Waals surface area (Å²) in [4.78, 5) is 38.9. The van der Waals surface area contributed by atoms with Gasteiger partial charge < -0.3 is 15.1 Å². The van der Waals surface area contributed by atoms with Crippen molar-refractivity contribution < 1.29 is 14.5 Å². The normalized spacial score (nSPS) is 20.5. The van der Waals surface area contributed by atoms with E-state index in [1.54, 1.807) is 4.90 Å². The summed E-state index contributed by atoms with van der Waals surface area (Å²) in [5.74, 6) is -0.362. The van der Waals surface area contributed by atoms with Crippen molar-refractivity contribution >= 4 is 41.5 Å². The number of rotatable bonds is 3. The summed E-state index contributed by atoms with van der Waals surface area (Å²) in [6.07, 6.45) is 1.59. The predicted molar refractivity (Wildman–Crippen MR) is 98.9 cm³/mol. The lowest BCUT2D eigenvalue weighted by molar-refractivity contribution is -0.385. The molecule has 0 aromatic heterocycles. The lowest BCUT2D eigenvalue weighted by atomic mass is 10.0. The second kappa shape index (κ2) is 8.66. The first-order valence-corrected chi connectivity index (χ1v) is 8.58. The minimum absolute atomic E-state index is 0. The molecule has 2 aliphatic heterocycles. The number of carbonyl (C=O) groups excluding carboxylic acids is 2. The topological polar surface area (TPSA) is 95.8 Å². The van der Waals surface area contributed by atoms with Gasteiger partial charge in [-0.1, -0.05) is 11.6 Å². The second-order valence-corrected chi connectivity index (χ2v) is 6.67. The zero-order valence-electron chi connectivity index (χ0n) is 14.0. The van der Waals surface area contributed by atoms with E-state index in [0.717, 1.165) is 19.4 Å². The average Bonchev–Trinajstić information content (AvgIpc) is 2.61. The van der Waals surface area contributed by atoms with Crippen molar-refractivity contribution in [3.8, 4) is 0 Å². The van der Waals surface area contributed by atoms with Gasteiger partial charge in [-0.05, 0) is 25.0 Å². The highest BCUT2D eigenvalue weighted by atomic mass is 35.5. The lowest BCUT2D eigenvalue weighted by Gasteiger charge is -2.41. The van der Waals surface area contributed by atoms with Gasteiger partial charge in [0.1, 0.15) is 5.56 Å². The Morgan fingerprint density at radius 2 is 2.12 bits per heavy atom. The van der Waals surface area contributed by atoms with E-state index in [-0.39, 0.29) is 40.6 Å². The van der Waals surface area contributed by atoms with Crippen LogP contribution in [0, 0.1) is 10.1 Å². The maximum Gasteiger partial charge on any atom is 0.283 e. The Hall–Kier alpha value is -1.90. The van der Waals surface area contributed by atoms with Crippen LogP contribution in [0.3, 0.4) is 0 Å². The highest BCUT2D eigenvalue weighted by Gasteiger charge is 2.33. The molecule has 1 aromatic rings. The molecule has 0 radical (unpaired) electrons. The number of nitro benzene ring substituents is 1. The molecule has 2 amide bonds. The van der Waals surface area contributed by atoms with Gasteiger partial charge in [0.2, 0.25) is 5.91 Å². The van der Waals surface area contributed by atoms with Crippen molar-refractivity contribution in [1.29, 1.82) is 0 Å². The summed E-state index contributed by atoms with van der Waals surface area (Å²) < 4.78 is 0. The molecule has 1 N–H and O–H groups in total. The summed E-state index contributed by atoms with van der Waals surface area (Å²) in [5.41, 5.74) is -0.264. The Labute approximate surface area is 162 Å². The molecule has 0 bridgehead atoms. The Balaban J connectivity index is 0.00000243. The van der Waals surface area contributed by atoms with Crippen LogP contribution in [0.4, 0.5) is 5.69 Å². The molecule has 1 aromatic carbocycles. The number of amides is 2. The van der Waals surface area contributed by atoms with E-state index in [2.05, 4.69) is 5.32 Å². The minimum Gasteiger partial charge on any atom is -0.336 e. The maximum atomic E-state index is 12.8. The van der Waals surface area contributed by atoms with Crippen LogP contribution in [0.1, 0.15) is 23.2 Å². The van der Waals surface area contributed by atoms with Gasteiger partial charge in [0.15, 0.2) is 0 Å². The number of nitrogens with zero attached hydrogens (tertiary/aromatic N) is 3. The summed E-state index contributed by atoms with van der Waals surface area (Å²) >= 11 is 5.81. The molecule has 2 saturated heterocycles. The van der Waals surface area contributed by atoms with Crippen LogP contribution in [-0.4, -0.2) is 65.3 Å². The first kappa shape index (κ1) is 20.4. The number of nitrogens with one attached hydrogen (secondary N) is 1. The monoisotopic (exact) mass is 402 g/mol. The summed E-state index contributed by atoms with van der Waals surface area (Å²) in [7, 11) is 0. The molecule has 2 fully saturated rings. The Morgan fingerprint density at radius 3 is 2.81 bits per heavy atom. The van der Waals surface area contributed by atoms with Crippen LogP contribution >= 0.6 is 24.0 Å². The Kier molecular flexibility index (Phi) is 6.80. The molecule has 1 atom stereocenters. The molecular formula is C16H20Cl2N4O4. The Bertz CT molecular complexity index is 715. The van der Waals surface area contributed by atoms with Crippen LogP contribution in [0.15, 0.2) is 18.2 Å². The van der Waals surface area contributed by atoms with Gasteiger partial charge in [0.05, 0.1) is 11.5 Å². The van der Waals surface area contributed by atoms with E-state index in [1.807, 2.05) is 4.90 Å². The standard InChI is InChI=1S/C16H19ClN4O4.ClH/c17-11-3-4-13(14(8-11)21(24)25)16(23)19-6-1-2-12(10-19)20-7-5-18-9-15(20)22;/h3-4,8,12,18H,1-2,5-7,9-10H2;1H. The predicted octanol–water partition coefficient (Wildman–Crippen LogP) is 1.71. The van der Waals surface area contributed by atoms with Crippen LogP contribution in [0.2, 0.25) is 5.02 Å². The van der Waals surface area contributed by atoms with Gasteiger partial charge in [0, 0.05) is 43.3 Å². The van der Waals surface area contributed by atoms with E-state index in [9.17, 15) is 19.7 Å².